The van der Waals surface area contributed by atoms with E-state index in [1.165, 1.54) is 27.1 Å². The van der Waals surface area contributed by atoms with Crippen LogP contribution in [0.5, 0.6) is 0 Å². The van der Waals surface area contributed by atoms with Crippen LogP contribution in [-0.4, -0.2) is 34.0 Å². The fourth-order valence-corrected chi connectivity index (χ4v) is 3.67. The second-order valence-corrected chi connectivity index (χ2v) is 6.70. The van der Waals surface area contributed by atoms with Crippen LogP contribution in [0.3, 0.4) is 0 Å². The second-order valence-electron chi connectivity index (χ2n) is 5.69. The van der Waals surface area contributed by atoms with Gasteiger partial charge in [-0.1, -0.05) is 11.3 Å². The van der Waals surface area contributed by atoms with E-state index in [1.807, 2.05) is 4.57 Å². The van der Waals surface area contributed by atoms with Crippen LogP contribution in [0.2, 0.25) is 0 Å². The Hall–Kier alpha value is -2.25. The van der Waals surface area contributed by atoms with Gasteiger partial charge in [-0.15, -0.1) is 0 Å². The van der Waals surface area contributed by atoms with Crippen molar-refractivity contribution >= 4 is 27.5 Å². The van der Waals surface area contributed by atoms with Crippen molar-refractivity contribution in [2.24, 2.45) is 12.0 Å². The monoisotopic (exact) mass is 344 g/mol. The van der Waals surface area contributed by atoms with Gasteiger partial charge in [-0.05, 0) is 43.2 Å². The number of aromatic nitrogens is 3. The van der Waals surface area contributed by atoms with Crippen LogP contribution in [0.15, 0.2) is 29.4 Å². The molecule has 0 aliphatic rings. The Bertz CT molecular complexity index is 965. The number of fused-ring (bicyclic) bond motifs is 1. The Morgan fingerprint density at radius 1 is 1.33 bits per heavy atom. The number of thiazole rings is 1. The molecule has 2 heterocycles. The molecule has 0 unspecified atom stereocenters. The van der Waals surface area contributed by atoms with E-state index in [0.717, 1.165) is 10.2 Å². The maximum absolute atomic E-state index is 12.5. The second kappa shape index (κ2) is 6.70. The highest BCUT2D eigenvalue weighted by molar-refractivity contribution is 7.16. The van der Waals surface area contributed by atoms with Gasteiger partial charge in [0.2, 0.25) is 0 Å². The first kappa shape index (κ1) is 16.6. The zero-order valence-corrected chi connectivity index (χ0v) is 15.1. The van der Waals surface area contributed by atoms with Gasteiger partial charge in [-0.3, -0.25) is 9.48 Å². The van der Waals surface area contributed by atoms with Crippen molar-refractivity contribution in [1.29, 1.82) is 0 Å². The quantitative estimate of drug-likeness (QED) is 0.730. The van der Waals surface area contributed by atoms with E-state index in [4.69, 9.17) is 4.74 Å². The molecule has 0 saturated carbocycles. The summed E-state index contributed by atoms with van der Waals surface area (Å²) in [5, 5.41) is 4.03. The molecule has 6 nitrogen and oxygen atoms in total. The third kappa shape index (κ3) is 3.05. The summed E-state index contributed by atoms with van der Waals surface area (Å²) in [7, 11) is 3.40. The van der Waals surface area contributed by atoms with Gasteiger partial charge < -0.3 is 9.30 Å². The van der Waals surface area contributed by atoms with Gasteiger partial charge >= 0.3 is 0 Å². The molecule has 1 amide bonds. The Labute approximate surface area is 144 Å². The number of carbonyl (C=O) groups is 1. The van der Waals surface area contributed by atoms with E-state index in [2.05, 4.69) is 36.1 Å². The predicted molar refractivity (Wildman–Crippen MR) is 94.3 cm³/mol. The number of aryl methyl sites for hydroxylation is 3. The minimum Gasteiger partial charge on any atom is -0.383 e. The third-order valence-electron chi connectivity index (χ3n) is 4.05. The van der Waals surface area contributed by atoms with Crippen molar-refractivity contribution in [3.63, 3.8) is 0 Å². The van der Waals surface area contributed by atoms with Crippen LogP contribution in [0.1, 0.15) is 21.6 Å². The Kier molecular flexibility index (Phi) is 4.64. The number of ether oxygens (including phenoxy) is 1. The number of hydrogen-bond acceptors (Lipinski definition) is 4. The Morgan fingerprint density at radius 3 is 2.75 bits per heavy atom. The standard InChI is InChI=1S/C17H20N4O2S/c1-11-9-14-15(10-12(11)2)24-17(21(14)7-8-23-4)19-16(22)13-5-6-18-20(13)3/h5-6,9-10H,7-8H2,1-4H3. The number of hydrogen-bond donors (Lipinski definition) is 0. The average molecular weight is 344 g/mol. The molecule has 0 bridgehead atoms. The summed E-state index contributed by atoms with van der Waals surface area (Å²) in [4.78, 5) is 17.5. The molecule has 0 atom stereocenters. The van der Waals surface area contributed by atoms with Gasteiger partial charge in [-0.25, -0.2) is 0 Å². The molecule has 24 heavy (non-hydrogen) atoms. The van der Waals surface area contributed by atoms with Crippen LogP contribution in [0, 0.1) is 13.8 Å². The van der Waals surface area contributed by atoms with Crippen LogP contribution in [0.25, 0.3) is 10.2 Å². The van der Waals surface area contributed by atoms with Crippen molar-refractivity contribution in [3.8, 4) is 0 Å². The first-order chi connectivity index (χ1) is 11.5. The minimum atomic E-state index is -0.291. The van der Waals surface area contributed by atoms with Crippen molar-refractivity contribution in [1.82, 2.24) is 14.3 Å². The van der Waals surface area contributed by atoms with Gasteiger partial charge in [0.15, 0.2) is 4.80 Å². The summed E-state index contributed by atoms with van der Waals surface area (Å²) in [5.41, 5.74) is 4.00. The molecule has 3 rings (SSSR count). The van der Waals surface area contributed by atoms with Crippen LogP contribution in [0.4, 0.5) is 0 Å². The fourth-order valence-electron chi connectivity index (χ4n) is 2.53. The molecular weight excluding hydrogens is 324 g/mol. The number of rotatable bonds is 4. The summed E-state index contributed by atoms with van der Waals surface area (Å²) in [6.45, 7) is 5.39. The van der Waals surface area contributed by atoms with Crippen molar-refractivity contribution < 1.29 is 9.53 Å². The van der Waals surface area contributed by atoms with Gasteiger partial charge in [0.05, 0.1) is 16.8 Å². The average Bonchev–Trinajstić information content (AvgIpc) is 3.10. The number of carbonyl (C=O) groups excluding carboxylic acids is 1. The van der Waals surface area contributed by atoms with E-state index in [1.54, 1.807) is 26.4 Å². The lowest BCUT2D eigenvalue weighted by Gasteiger charge is -2.06. The zero-order valence-electron chi connectivity index (χ0n) is 14.2. The number of amides is 1. The maximum atomic E-state index is 12.5. The topological polar surface area (TPSA) is 61.4 Å². The number of benzene rings is 1. The summed E-state index contributed by atoms with van der Waals surface area (Å²) in [5.74, 6) is -0.291. The molecule has 0 aliphatic heterocycles. The molecule has 3 aromatic rings. The highest BCUT2D eigenvalue weighted by Crippen LogP contribution is 2.22. The minimum absolute atomic E-state index is 0.291. The van der Waals surface area contributed by atoms with Gasteiger partial charge in [0, 0.05) is 26.9 Å². The van der Waals surface area contributed by atoms with Crippen LogP contribution < -0.4 is 4.80 Å². The van der Waals surface area contributed by atoms with Gasteiger partial charge in [0.25, 0.3) is 5.91 Å². The molecule has 0 N–H and O–H groups in total. The molecule has 2 aromatic heterocycles. The SMILES string of the molecule is COCCn1c(=NC(=O)c2ccnn2C)sc2cc(C)c(C)cc21. The first-order valence-corrected chi connectivity index (χ1v) is 8.49. The van der Waals surface area contributed by atoms with Crippen LogP contribution >= 0.6 is 11.3 Å². The van der Waals surface area contributed by atoms with E-state index in [9.17, 15) is 4.79 Å². The van der Waals surface area contributed by atoms with Gasteiger partial charge in [0.1, 0.15) is 5.69 Å². The smallest absolute Gasteiger partial charge is 0.297 e. The van der Waals surface area contributed by atoms with E-state index < -0.39 is 0 Å². The lowest BCUT2D eigenvalue weighted by atomic mass is 10.1. The molecule has 0 aliphatic carbocycles. The normalized spacial score (nSPS) is 12.2. The molecule has 0 saturated heterocycles. The molecule has 7 heteroatoms. The molecule has 0 spiro atoms. The molecular formula is C17H20N4O2S. The summed E-state index contributed by atoms with van der Waals surface area (Å²) >= 11 is 1.52. The van der Waals surface area contributed by atoms with E-state index >= 15 is 0 Å². The summed E-state index contributed by atoms with van der Waals surface area (Å²) in [6, 6.07) is 5.96. The van der Waals surface area contributed by atoms with Gasteiger partial charge in [-0.2, -0.15) is 10.1 Å². The third-order valence-corrected chi connectivity index (χ3v) is 5.10. The van der Waals surface area contributed by atoms with E-state index in [-0.39, 0.29) is 5.91 Å². The first-order valence-electron chi connectivity index (χ1n) is 7.68. The number of methoxy groups -OCH3 is 1. The highest BCUT2D eigenvalue weighted by Gasteiger charge is 2.12. The molecule has 0 radical (unpaired) electrons. The van der Waals surface area contributed by atoms with Crippen molar-refractivity contribution in [2.45, 2.75) is 20.4 Å². The lowest BCUT2D eigenvalue weighted by molar-refractivity contribution is 0.0988. The Balaban J connectivity index is 2.17. The van der Waals surface area contributed by atoms with Crippen molar-refractivity contribution in [2.75, 3.05) is 13.7 Å². The summed E-state index contributed by atoms with van der Waals surface area (Å²) in [6.07, 6.45) is 1.60. The van der Waals surface area contributed by atoms with Crippen molar-refractivity contribution in [3.05, 3.63) is 46.0 Å². The molecule has 1 aromatic carbocycles. The predicted octanol–water partition coefficient (Wildman–Crippen LogP) is 2.44. The largest absolute Gasteiger partial charge is 0.383 e. The highest BCUT2D eigenvalue weighted by atomic mass is 32.1. The fraction of sp³-hybridized carbons (Fsp3) is 0.353. The lowest BCUT2D eigenvalue weighted by Crippen LogP contribution is -2.20. The molecule has 0 fully saturated rings. The summed E-state index contributed by atoms with van der Waals surface area (Å²) < 4.78 is 9.91. The zero-order chi connectivity index (χ0) is 17.3. The maximum Gasteiger partial charge on any atom is 0.297 e. The molecule has 126 valence electrons. The van der Waals surface area contributed by atoms with Crippen LogP contribution in [-0.2, 0) is 18.3 Å². The number of nitrogens with zero attached hydrogens (tertiary/aromatic N) is 4. The van der Waals surface area contributed by atoms with E-state index in [0.29, 0.717) is 23.6 Å². The Morgan fingerprint density at radius 2 is 2.08 bits per heavy atom.